The van der Waals surface area contributed by atoms with Gasteiger partial charge in [0.15, 0.2) is 0 Å². The number of carbonyl (C=O) groups excluding carboxylic acids is 1. The smallest absolute Gasteiger partial charge is 0.350 e. The summed E-state index contributed by atoms with van der Waals surface area (Å²) >= 11 is 5.69. The van der Waals surface area contributed by atoms with Crippen molar-refractivity contribution in [3.05, 3.63) is 34.3 Å². The lowest BCUT2D eigenvalue weighted by Crippen LogP contribution is -2.45. The molecule has 0 saturated carbocycles. The summed E-state index contributed by atoms with van der Waals surface area (Å²) in [5, 5.41) is 2.26. The maximum atomic E-state index is 12.4. The molecule has 1 amide bonds. The van der Waals surface area contributed by atoms with Crippen LogP contribution in [0.2, 0.25) is 5.02 Å². The van der Waals surface area contributed by atoms with Crippen LogP contribution in [0.4, 0.5) is 13.2 Å². The number of carbonyl (C=O) groups is 1. The minimum atomic E-state index is -4.49. The van der Waals surface area contributed by atoms with Crippen molar-refractivity contribution in [2.45, 2.75) is 25.6 Å². The summed E-state index contributed by atoms with van der Waals surface area (Å²) in [5.41, 5.74) is 4.16. The minimum Gasteiger partial charge on any atom is -0.350 e. The number of rotatable bonds is 3. The molecule has 0 spiro atoms. The number of alkyl halides is 3. The molecule has 1 rings (SSSR count). The molecule has 106 valence electrons. The van der Waals surface area contributed by atoms with Gasteiger partial charge in [-0.15, -0.1) is 0 Å². The largest absolute Gasteiger partial charge is 0.416 e. The van der Waals surface area contributed by atoms with Crippen molar-refractivity contribution in [2.24, 2.45) is 5.73 Å². The average Bonchev–Trinajstić information content (AvgIpc) is 2.23. The highest BCUT2D eigenvalue weighted by Crippen LogP contribution is 2.32. The predicted octanol–water partition coefficient (Wildman–Crippen LogP) is 2.83. The molecule has 7 heteroatoms. The SMILES string of the molecule is CC(C)(N)CNC(=O)c1ccc(C(F)(F)F)cc1Cl. The van der Waals surface area contributed by atoms with Crippen molar-refractivity contribution in [2.75, 3.05) is 6.54 Å². The van der Waals surface area contributed by atoms with Gasteiger partial charge in [0, 0.05) is 12.1 Å². The third-order valence-electron chi connectivity index (χ3n) is 2.25. The van der Waals surface area contributed by atoms with Crippen LogP contribution in [-0.2, 0) is 6.18 Å². The van der Waals surface area contributed by atoms with E-state index in [1.165, 1.54) is 0 Å². The Morgan fingerprint density at radius 3 is 2.37 bits per heavy atom. The van der Waals surface area contributed by atoms with E-state index in [1.807, 2.05) is 0 Å². The fraction of sp³-hybridized carbons (Fsp3) is 0.417. The molecule has 0 heterocycles. The molecule has 0 saturated heterocycles. The van der Waals surface area contributed by atoms with Crippen molar-refractivity contribution in [1.82, 2.24) is 5.32 Å². The lowest BCUT2D eigenvalue weighted by atomic mass is 10.1. The molecule has 0 aliphatic heterocycles. The van der Waals surface area contributed by atoms with Crippen molar-refractivity contribution in [3.63, 3.8) is 0 Å². The van der Waals surface area contributed by atoms with E-state index in [1.54, 1.807) is 13.8 Å². The zero-order chi connectivity index (χ0) is 14.8. The standard InChI is InChI=1S/C12H14ClF3N2O/c1-11(2,17)6-18-10(19)8-4-3-7(5-9(8)13)12(14,15)16/h3-5H,6,17H2,1-2H3,(H,18,19). The Balaban J connectivity index is 2.88. The Labute approximate surface area is 113 Å². The van der Waals surface area contributed by atoms with Gasteiger partial charge in [0.1, 0.15) is 0 Å². The second-order valence-corrected chi connectivity index (χ2v) is 5.27. The van der Waals surface area contributed by atoms with Crippen LogP contribution in [0.5, 0.6) is 0 Å². The summed E-state index contributed by atoms with van der Waals surface area (Å²) < 4.78 is 37.3. The van der Waals surface area contributed by atoms with Crippen LogP contribution in [0.3, 0.4) is 0 Å². The Bertz CT molecular complexity index is 481. The number of hydrogen-bond donors (Lipinski definition) is 2. The zero-order valence-corrected chi connectivity index (χ0v) is 11.2. The van der Waals surface area contributed by atoms with E-state index in [4.69, 9.17) is 17.3 Å². The van der Waals surface area contributed by atoms with Crippen LogP contribution in [0.25, 0.3) is 0 Å². The molecule has 0 aliphatic carbocycles. The number of halogens is 4. The van der Waals surface area contributed by atoms with Gasteiger partial charge in [-0.1, -0.05) is 11.6 Å². The molecule has 1 aromatic carbocycles. The number of nitrogens with one attached hydrogen (secondary N) is 1. The van der Waals surface area contributed by atoms with Gasteiger partial charge in [0.25, 0.3) is 5.91 Å². The van der Waals surface area contributed by atoms with Gasteiger partial charge >= 0.3 is 6.18 Å². The summed E-state index contributed by atoms with van der Waals surface area (Å²) in [4.78, 5) is 11.7. The van der Waals surface area contributed by atoms with Crippen molar-refractivity contribution in [1.29, 1.82) is 0 Å². The van der Waals surface area contributed by atoms with Gasteiger partial charge in [-0.3, -0.25) is 4.79 Å². The number of hydrogen-bond acceptors (Lipinski definition) is 2. The van der Waals surface area contributed by atoms with Crippen molar-refractivity contribution < 1.29 is 18.0 Å². The molecule has 0 unspecified atom stereocenters. The monoisotopic (exact) mass is 294 g/mol. The molecular formula is C12H14ClF3N2O. The van der Waals surface area contributed by atoms with Crippen LogP contribution in [0.15, 0.2) is 18.2 Å². The molecule has 1 aromatic rings. The lowest BCUT2D eigenvalue weighted by molar-refractivity contribution is -0.137. The third kappa shape index (κ3) is 4.72. The van der Waals surface area contributed by atoms with E-state index >= 15 is 0 Å². The number of amides is 1. The zero-order valence-electron chi connectivity index (χ0n) is 10.4. The molecule has 0 bridgehead atoms. The van der Waals surface area contributed by atoms with Gasteiger partial charge in [-0.25, -0.2) is 0 Å². The second-order valence-electron chi connectivity index (χ2n) is 4.86. The number of benzene rings is 1. The quantitative estimate of drug-likeness (QED) is 0.900. The topological polar surface area (TPSA) is 55.1 Å². The fourth-order valence-corrected chi connectivity index (χ4v) is 1.55. The van der Waals surface area contributed by atoms with Gasteiger partial charge in [-0.2, -0.15) is 13.2 Å². The van der Waals surface area contributed by atoms with Crippen LogP contribution >= 0.6 is 11.6 Å². The van der Waals surface area contributed by atoms with Crippen LogP contribution in [-0.4, -0.2) is 18.0 Å². The van der Waals surface area contributed by atoms with E-state index in [0.29, 0.717) is 0 Å². The van der Waals surface area contributed by atoms with Crippen LogP contribution in [0.1, 0.15) is 29.8 Å². The molecule has 0 atom stereocenters. The fourth-order valence-electron chi connectivity index (χ4n) is 1.28. The molecule has 0 fully saturated rings. The first kappa shape index (κ1) is 15.8. The average molecular weight is 295 g/mol. The van der Waals surface area contributed by atoms with E-state index in [9.17, 15) is 18.0 Å². The summed E-state index contributed by atoms with van der Waals surface area (Å²) in [6.07, 6.45) is -4.49. The Kier molecular flexibility index (Phi) is 4.47. The van der Waals surface area contributed by atoms with E-state index in [2.05, 4.69) is 5.32 Å². The van der Waals surface area contributed by atoms with Gasteiger partial charge in [0.2, 0.25) is 0 Å². The molecule has 0 radical (unpaired) electrons. The van der Waals surface area contributed by atoms with Crippen molar-refractivity contribution >= 4 is 17.5 Å². The Hall–Kier alpha value is -1.27. The summed E-state index contributed by atoms with van der Waals surface area (Å²) in [7, 11) is 0. The van der Waals surface area contributed by atoms with E-state index in [-0.39, 0.29) is 17.1 Å². The van der Waals surface area contributed by atoms with Gasteiger partial charge in [-0.05, 0) is 32.0 Å². The molecule has 0 aliphatic rings. The first-order chi connectivity index (χ1) is 8.50. The molecule has 0 aromatic heterocycles. The highest BCUT2D eigenvalue weighted by atomic mass is 35.5. The number of nitrogens with two attached hydrogens (primary N) is 1. The van der Waals surface area contributed by atoms with Gasteiger partial charge < -0.3 is 11.1 Å². The maximum Gasteiger partial charge on any atom is 0.416 e. The normalized spacial score (nSPS) is 12.4. The van der Waals surface area contributed by atoms with Gasteiger partial charge in [0.05, 0.1) is 16.1 Å². The minimum absolute atomic E-state index is 0.0149. The summed E-state index contributed by atoms with van der Waals surface area (Å²) in [5.74, 6) is -0.558. The van der Waals surface area contributed by atoms with Crippen LogP contribution in [0, 0.1) is 0 Å². The Morgan fingerprint density at radius 1 is 1.37 bits per heavy atom. The van der Waals surface area contributed by atoms with Crippen molar-refractivity contribution in [3.8, 4) is 0 Å². The first-order valence-corrected chi connectivity index (χ1v) is 5.82. The lowest BCUT2D eigenvalue weighted by Gasteiger charge is -2.19. The third-order valence-corrected chi connectivity index (χ3v) is 2.56. The second kappa shape index (κ2) is 5.38. The van der Waals surface area contributed by atoms with Crippen LogP contribution < -0.4 is 11.1 Å². The molecule has 19 heavy (non-hydrogen) atoms. The summed E-state index contributed by atoms with van der Waals surface area (Å²) in [6, 6.07) is 2.59. The highest BCUT2D eigenvalue weighted by molar-refractivity contribution is 6.33. The molecule has 3 nitrogen and oxygen atoms in total. The summed E-state index contributed by atoms with van der Waals surface area (Å²) in [6.45, 7) is 3.60. The van der Waals surface area contributed by atoms with E-state index < -0.39 is 23.2 Å². The maximum absolute atomic E-state index is 12.4. The highest BCUT2D eigenvalue weighted by Gasteiger charge is 2.31. The predicted molar refractivity (Wildman–Crippen MR) is 67.1 cm³/mol. The molecule has 3 N–H and O–H groups in total. The first-order valence-electron chi connectivity index (χ1n) is 5.44. The van der Waals surface area contributed by atoms with E-state index in [0.717, 1.165) is 18.2 Å². The Morgan fingerprint density at radius 2 is 1.95 bits per heavy atom. The molecular weight excluding hydrogens is 281 g/mol.